The van der Waals surface area contributed by atoms with Gasteiger partial charge >= 0.3 is 0 Å². The molecule has 0 N–H and O–H groups in total. The van der Waals surface area contributed by atoms with Crippen molar-refractivity contribution in [2.24, 2.45) is 5.92 Å². The van der Waals surface area contributed by atoms with Gasteiger partial charge in [-0.1, -0.05) is 90.9 Å². The topological polar surface area (TPSA) is 0 Å². The van der Waals surface area contributed by atoms with Crippen molar-refractivity contribution in [3.05, 3.63) is 0 Å². The van der Waals surface area contributed by atoms with Crippen LogP contribution in [0.2, 0.25) is 25.7 Å². The summed E-state index contributed by atoms with van der Waals surface area (Å²) in [6, 6.07) is 1.53. The molecular weight excluding hydrogens is 208 g/mol. The van der Waals surface area contributed by atoms with E-state index in [1.54, 1.807) is 0 Å². The van der Waals surface area contributed by atoms with Crippen molar-refractivity contribution < 1.29 is 0 Å². The standard InChI is InChI=1S/C15H34Si/c1-6-8-12-15(11-7-2)13-9-10-14-16(3,4)5/h15H,6-14H2,1-5H3. The average Bonchev–Trinajstić information content (AvgIpc) is 2.19. The summed E-state index contributed by atoms with van der Waals surface area (Å²) in [5.74, 6) is 1.03. The molecule has 0 amide bonds. The summed E-state index contributed by atoms with van der Waals surface area (Å²) in [5, 5.41) is 0. The highest BCUT2D eigenvalue weighted by Gasteiger charge is 2.13. The van der Waals surface area contributed by atoms with Crippen LogP contribution in [0.5, 0.6) is 0 Å². The van der Waals surface area contributed by atoms with Crippen molar-refractivity contribution >= 4 is 8.07 Å². The lowest BCUT2D eigenvalue weighted by molar-refractivity contribution is 0.390. The van der Waals surface area contributed by atoms with Crippen molar-refractivity contribution in [3.8, 4) is 0 Å². The molecule has 0 aliphatic rings. The molecule has 0 heterocycles. The van der Waals surface area contributed by atoms with Crippen LogP contribution < -0.4 is 0 Å². The summed E-state index contributed by atoms with van der Waals surface area (Å²) < 4.78 is 0. The molecule has 1 unspecified atom stereocenters. The van der Waals surface area contributed by atoms with Gasteiger partial charge in [-0.3, -0.25) is 0 Å². The fourth-order valence-electron chi connectivity index (χ4n) is 2.42. The van der Waals surface area contributed by atoms with Gasteiger partial charge in [0, 0.05) is 8.07 Å². The van der Waals surface area contributed by atoms with E-state index in [4.69, 9.17) is 0 Å². The third kappa shape index (κ3) is 10.7. The van der Waals surface area contributed by atoms with Gasteiger partial charge in [0.25, 0.3) is 0 Å². The highest BCUT2D eigenvalue weighted by Crippen LogP contribution is 2.23. The van der Waals surface area contributed by atoms with Crippen LogP contribution >= 0.6 is 0 Å². The smallest absolute Gasteiger partial charge is 0.0442 e. The Kier molecular flexibility index (Phi) is 9.39. The van der Waals surface area contributed by atoms with Crippen LogP contribution in [0, 0.1) is 5.92 Å². The number of hydrogen-bond acceptors (Lipinski definition) is 0. The molecule has 0 aliphatic carbocycles. The average molecular weight is 243 g/mol. The maximum atomic E-state index is 2.49. The largest absolute Gasteiger partial charge is 0.0695 e. The molecule has 0 aromatic carbocycles. The van der Waals surface area contributed by atoms with Crippen LogP contribution in [-0.4, -0.2) is 8.07 Å². The van der Waals surface area contributed by atoms with E-state index in [0.29, 0.717) is 0 Å². The first-order valence-corrected chi connectivity index (χ1v) is 11.2. The van der Waals surface area contributed by atoms with Crippen molar-refractivity contribution in [2.75, 3.05) is 0 Å². The van der Waals surface area contributed by atoms with E-state index >= 15 is 0 Å². The maximum Gasteiger partial charge on any atom is 0.0442 e. The second-order valence-electron chi connectivity index (χ2n) is 6.60. The van der Waals surface area contributed by atoms with Crippen LogP contribution in [0.4, 0.5) is 0 Å². The molecule has 0 aromatic rings. The van der Waals surface area contributed by atoms with Crippen molar-refractivity contribution in [1.82, 2.24) is 0 Å². The summed E-state index contributed by atoms with van der Waals surface area (Å²) >= 11 is 0. The Morgan fingerprint density at radius 1 is 0.750 bits per heavy atom. The fourth-order valence-corrected chi connectivity index (χ4v) is 3.73. The molecule has 1 atom stereocenters. The molecule has 0 aromatic heterocycles. The lowest BCUT2D eigenvalue weighted by Crippen LogP contribution is -2.18. The Hall–Kier alpha value is 0.217. The molecule has 0 fully saturated rings. The summed E-state index contributed by atoms with van der Waals surface area (Å²) in [6.07, 6.45) is 11.6. The van der Waals surface area contributed by atoms with E-state index in [1.807, 2.05) is 0 Å². The molecule has 0 bridgehead atoms. The first kappa shape index (κ1) is 16.2. The van der Waals surface area contributed by atoms with Gasteiger partial charge in [0.1, 0.15) is 0 Å². The second-order valence-corrected chi connectivity index (χ2v) is 12.2. The van der Waals surface area contributed by atoms with E-state index in [9.17, 15) is 0 Å². The molecule has 1 heteroatoms. The predicted octanol–water partition coefficient (Wildman–Crippen LogP) is 6.10. The summed E-state index contributed by atoms with van der Waals surface area (Å²) in [6.45, 7) is 12.1. The highest BCUT2D eigenvalue weighted by atomic mass is 28.3. The van der Waals surface area contributed by atoms with Crippen LogP contribution in [0.25, 0.3) is 0 Å². The molecule has 0 radical (unpaired) electrons. The first-order valence-electron chi connectivity index (χ1n) is 7.49. The third-order valence-electron chi connectivity index (χ3n) is 3.45. The first-order chi connectivity index (χ1) is 7.49. The van der Waals surface area contributed by atoms with E-state index in [0.717, 1.165) is 5.92 Å². The lowest BCUT2D eigenvalue weighted by Gasteiger charge is -2.18. The van der Waals surface area contributed by atoms with Crippen molar-refractivity contribution in [2.45, 2.75) is 90.9 Å². The summed E-state index contributed by atoms with van der Waals surface area (Å²) in [5.41, 5.74) is 0. The van der Waals surface area contributed by atoms with Gasteiger partial charge in [0.2, 0.25) is 0 Å². The van der Waals surface area contributed by atoms with Gasteiger partial charge in [0.15, 0.2) is 0 Å². The summed E-state index contributed by atoms with van der Waals surface area (Å²) in [4.78, 5) is 0. The maximum absolute atomic E-state index is 2.49. The minimum Gasteiger partial charge on any atom is -0.0695 e. The molecule has 98 valence electrons. The summed E-state index contributed by atoms with van der Waals surface area (Å²) in [7, 11) is -0.773. The minimum atomic E-state index is -0.773. The van der Waals surface area contributed by atoms with E-state index in [-0.39, 0.29) is 0 Å². The normalized spacial score (nSPS) is 14.1. The second kappa shape index (κ2) is 9.27. The molecule has 0 spiro atoms. The van der Waals surface area contributed by atoms with Gasteiger partial charge in [-0.2, -0.15) is 0 Å². The number of hydrogen-bond donors (Lipinski definition) is 0. The Morgan fingerprint density at radius 2 is 1.38 bits per heavy atom. The lowest BCUT2D eigenvalue weighted by atomic mass is 9.92. The Balaban J connectivity index is 3.59. The molecular formula is C15H34Si. The van der Waals surface area contributed by atoms with Gasteiger partial charge in [-0.15, -0.1) is 0 Å². The van der Waals surface area contributed by atoms with Gasteiger partial charge in [-0.25, -0.2) is 0 Å². The van der Waals surface area contributed by atoms with Crippen molar-refractivity contribution in [3.63, 3.8) is 0 Å². The number of rotatable bonds is 10. The third-order valence-corrected chi connectivity index (χ3v) is 5.31. The van der Waals surface area contributed by atoms with Crippen molar-refractivity contribution in [1.29, 1.82) is 0 Å². The predicted molar refractivity (Wildman–Crippen MR) is 79.9 cm³/mol. The zero-order valence-corrected chi connectivity index (χ0v) is 13.4. The van der Waals surface area contributed by atoms with Gasteiger partial charge in [-0.05, 0) is 5.92 Å². The Morgan fingerprint density at radius 3 is 1.88 bits per heavy atom. The SMILES string of the molecule is CCCCC(CCC)CCCC[Si](C)(C)C. The fraction of sp³-hybridized carbons (Fsp3) is 1.00. The van der Waals surface area contributed by atoms with E-state index in [1.165, 1.54) is 57.4 Å². The Labute approximate surface area is 105 Å². The van der Waals surface area contributed by atoms with Gasteiger partial charge < -0.3 is 0 Å². The van der Waals surface area contributed by atoms with Crippen LogP contribution in [-0.2, 0) is 0 Å². The van der Waals surface area contributed by atoms with Crippen LogP contribution in [0.15, 0.2) is 0 Å². The zero-order valence-electron chi connectivity index (χ0n) is 12.4. The molecule has 0 nitrogen and oxygen atoms in total. The molecule has 0 saturated heterocycles. The molecule has 0 rings (SSSR count). The molecule has 0 saturated carbocycles. The minimum absolute atomic E-state index is 0.773. The van der Waals surface area contributed by atoms with E-state index < -0.39 is 8.07 Å². The monoisotopic (exact) mass is 242 g/mol. The van der Waals surface area contributed by atoms with E-state index in [2.05, 4.69) is 33.5 Å². The quantitative estimate of drug-likeness (QED) is 0.321. The number of unbranched alkanes of at least 4 members (excludes halogenated alkanes) is 2. The Bertz CT molecular complexity index is 146. The van der Waals surface area contributed by atoms with Crippen LogP contribution in [0.3, 0.4) is 0 Å². The highest BCUT2D eigenvalue weighted by molar-refractivity contribution is 6.76. The van der Waals surface area contributed by atoms with Crippen LogP contribution in [0.1, 0.15) is 65.2 Å². The molecule has 0 aliphatic heterocycles. The molecule has 16 heavy (non-hydrogen) atoms. The zero-order chi connectivity index (χ0) is 12.4. The van der Waals surface area contributed by atoms with Gasteiger partial charge in [0.05, 0.1) is 0 Å².